The second kappa shape index (κ2) is 8.89. The Labute approximate surface area is 191 Å². The molecule has 5 nitrogen and oxygen atoms in total. The van der Waals surface area contributed by atoms with Gasteiger partial charge in [0, 0.05) is 22.5 Å². The molecule has 3 aromatic heterocycles. The van der Waals surface area contributed by atoms with E-state index in [0.29, 0.717) is 24.3 Å². The van der Waals surface area contributed by atoms with E-state index in [-0.39, 0.29) is 0 Å². The van der Waals surface area contributed by atoms with Gasteiger partial charge in [-0.25, -0.2) is 0 Å². The Kier molecular flexibility index (Phi) is 6.18. The van der Waals surface area contributed by atoms with Crippen LogP contribution in [0, 0.1) is 6.92 Å². The van der Waals surface area contributed by atoms with Crippen molar-refractivity contribution in [2.24, 2.45) is 0 Å². The Balaban J connectivity index is 1.62. The van der Waals surface area contributed by atoms with Crippen molar-refractivity contribution < 1.29 is 0 Å². The van der Waals surface area contributed by atoms with Crippen LogP contribution in [0.5, 0.6) is 0 Å². The van der Waals surface area contributed by atoms with Crippen LogP contribution in [0.3, 0.4) is 0 Å². The molecule has 0 amide bonds. The summed E-state index contributed by atoms with van der Waals surface area (Å²) in [6, 6.07) is 15.3. The minimum absolute atomic E-state index is 0.399. The highest BCUT2D eigenvalue weighted by molar-refractivity contribution is 5.79. The van der Waals surface area contributed by atoms with Gasteiger partial charge in [-0.1, -0.05) is 53.7 Å². The summed E-state index contributed by atoms with van der Waals surface area (Å²) in [5, 5.41) is 10.9. The van der Waals surface area contributed by atoms with E-state index in [1.165, 1.54) is 22.3 Å². The van der Waals surface area contributed by atoms with E-state index in [1.807, 2.05) is 0 Å². The summed E-state index contributed by atoms with van der Waals surface area (Å²) in [5.74, 6) is 1.27. The average molecular weight is 430 g/mol. The van der Waals surface area contributed by atoms with Crippen molar-refractivity contribution in [2.75, 3.05) is 0 Å². The molecule has 0 saturated carbocycles. The molecule has 0 aliphatic heterocycles. The number of nitrogens with zero attached hydrogens (tertiary/aromatic N) is 5. The first-order chi connectivity index (χ1) is 15.2. The summed E-state index contributed by atoms with van der Waals surface area (Å²) in [5.41, 5.74) is 8.06. The number of aryl methyl sites for hydroxylation is 1. The van der Waals surface area contributed by atoms with Gasteiger partial charge in [-0.2, -0.15) is 10.2 Å². The van der Waals surface area contributed by atoms with Gasteiger partial charge in [-0.05, 0) is 60.6 Å². The molecule has 168 valence electrons. The van der Waals surface area contributed by atoms with Crippen molar-refractivity contribution in [1.29, 1.82) is 0 Å². The van der Waals surface area contributed by atoms with Gasteiger partial charge in [0.25, 0.3) is 0 Å². The molecule has 0 aliphatic rings. The van der Waals surface area contributed by atoms with Gasteiger partial charge in [0.2, 0.25) is 0 Å². The highest BCUT2D eigenvalue weighted by Gasteiger charge is 2.15. The Morgan fingerprint density at radius 1 is 0.719 bits per heavy atom. The second-order valence-corrected chi connectivity index (χ2v) is 9.81. The number of hydrogen-bond acceptors (Lipinski definition) is 3. The molecule has 3 heterocycles. The summed E-state index contributed by atoms with van der Waals surface area (Å²) in [6.07, 6.45) is 0. The lowest BCUT2D eigenvalue weighted by Gasteiger charge is -2.11. The predicted octanol–water partition coefficient (Wildman–Crippen LogP) is 6.40. The third-order valence-electron chi connectivity index (χ3n) is 5.99. The molecule has 0 radical (unpaired) electrons. The van der Waals surface area contributed by atoms with Gasteiger partial charge in [0.05, 0.1) is 30.0 Å². The Hall–Kier alpha value is -2.95. The first kappa shape index (κ1) is 22.3. The number of hydrogen-bond donors (Lipinski definition) is 0. The lowest BCUT2D eigenvalue weighted by Crippen LogP contribution is -2.10. The number of rotatable bonds is 7. The van der Waals surface area contributed by atoms with Crippen LogP contribution >= 0.6 is 0 Å². The monoisotopic (exact) mass is 429 g/mol. The van der Waals surface area contributed by atoms with Gasteiger partial charge in [-0.15, -0.1) is 0 Å². The average Bonchev–Trinajstić information content (AvgIpc) is 3.30. The molecule has 32 heavy (non-hydrogen) atoms. The summed E-state index contributed by atoms with van der Waals surface area (Å²) >= 11 is 0. The van der Waals surface area contributed by atoms with E-state index in [9.17, 15) is 0 Å². The first-order valence-corrected chi connectivity index (χ1v) is 11.7. The fourth-order valence-electron chi connectivity index (χ4n) is 4.25. The van der Waals surface area contributed by atoms with Crippen molar-refractivity contribution >= 4 is 10.9 Å². The highest BCUT2D eigenvalue weighted by atomic mass is 15.3. The maximum atomic E-state index is 4.99. The molecular weight excluding hydrogens is 394 g/mol. The fourth-order valence-corrected chi connectivity index (χ4v) is 4.25. The van der Waals surface area contributed by atoms with Crippen LogP contribution in [0.4, 0.5) is 0 Å². The Morgan fingerprint density at radius 2 is 1.41 bits per heavy atom. The topological polar surface area (TPSA) is 48.5 Å². The van der Waals surface area contributed by atoms with Crippen molar-refractivity contribution in [1.82, 2.24) is 24.5 Å². The van der Waals surface area contributed by atoms with Gasteiger partial charge in [0.1, 0.15) is 0 Å². The third-order valence-corrected chi connectivity index (χ3v) is 5.99. The smallest absolute Gasteiger partial charge is 0.0853 e. The van der Waals surface area contributed by atoms with Gasteiger partial charge in [0.15, 0.2) is 0 Å². The van der Waals surface area contributed by atoms with Crippen molar-refractivity contribution in [2.45, 2.75) is 79.3 Å². The van der Waals surface area contributed by atoms with Crippen LogP contribution in [-0.2, 0) is 13.1 Å². The predicted molar refractivity (Wildman–Crippen MR) is 131 cm³/mol. The second-order valence-electron chi connectivity index (χ2n) is 9.81. The van der Waals surface area contributed by atoms with Crippen LogP contribution in [-0.4, -0.2) is 24.5 Å². The zero-order valence-corrected chi connectivity index (χ0v) is 20.4. The molecule has 0 fully saturated rings. The van der Waals surface area contributed by atoms with Crippen molar-refractivity contribution in [3.63, 3.8) is 0 Å². The molecular formula is C27H35N5. The SMILES string of the molecule is Cc1cc(C(C)C)n(Cc2cc(C(C)C)n(Cc3ccc4nc(C(C)C)ccc4c3)n2)n1. The van der Waals surface area contributed by atoms with E-state index in [2.05, 4.69) is 100 Å². The standard InChI is InChI=1S/C27H35N5/c1-17(2)24-11-9-22-13-21(8-10-25(22)28-24)15-31-27(19(5)6)14-23(30-31)16-32-26(18(3)4)12-20(7)29-32/h8-14,17-19H,15-16H2,1-7H3. The molecule has 0 aliphatic carbocycles. The Morgan fingerprint density at radius 3 is 2.09 bits per heavy atom. The highest BCUT2D eigenvalue weighted by Crippen LogP contribution is 2.23. The van der Waals surface area contributed by atoms with Crippen LogP contribution < -0.4 is 0 Å². The van der Waals surface area contributed by atoms with Crippen molar-refractivity contribution in [3.05, 3.63) is 76.5 Å². The van der Waals surface area contributed by atoms with Gasteiger partial charge >= 0.3 is 0 Å². The maximum absolute atomic E-state index is 4.99. The van der Waals surface area contributed by atoms with Crippen LogP contribution in [0.2, 0.25) is 0 Å². The summed E-state index contributed by atoms with van der Waals surface area (Å²) < 4.78 is 4.26. The van der Waals surface area contributed by atoms with E-state index in [1.54, 1.807) is 0 Å². The molecule has 1 aromatic carbocycles. The van der Waals surface area contributed by atoms with Crippen LogP contribution in [0.1, 0.15) is 93.3 Å². The summed E-state index contributed by atoms with van der Waals surface area (Å²) in [4.78, 5) is 4.81. The number of fused-ring (bicyclic) bond motifs is 1. The lowest BCUT2D eigenvalue weighted by molar-refractivity contribution is 0.578. The Bertz CT molecular complexity index is 1230. The zero-order valence-electron chi connectivity index (χ0n) is 20.4. The van der Waals surface area contributed by atoms with Crippen LogP contribution in [0.25, 0.3) is 10.9 Å². The molecule has 0 unspecified atom stereocenters. The van der Waals surface area contributed by atoms with Crippen molar-refractivity contribution in [3.8, 4) is 0 Å². The summed E-state index contributed by atoms with van der Waals surface area (Å²) in [6.45, 7) is 16.8. The van der Waals surface area contributed by atoms with E-state index < -0.39 is 0 Å². The molecule has 0 atom stereocenters. The molecule has 4 aromatic rings. The molecule has 0 bridgehead atoms. The fraction of sp³-hybridized carbons (Fsp3) is 0.444. The van der Waals surface area contributed by atoms with Crippen LogP contribution in [0.15, 0.2) is 42.5 Å². The number of aromatic nitrogens is 5. The van der Waals surface area contributed by atoms with E-state index in [4.69, 9.17) is 15.2 Å². The van der Waals surface area contributed by atoms with Gasteiger partial charge in [-0.3, -0.25) is 14.3 Å². The van der Waals surface area contributed by atoms with Gasteiger partial charge < -0.3 is 0 Å². The first-order valence-electron chi connectivity index (χ1n) is 11.7. The quantitative estimate of drug-likeness (QED) is 0.341. The number of benzene rings is 1. The lowest BCUT2D eigenvalue weighted by atomic mass is 10.1. The maximum Gasteiger partial charge on any atom is 0.0853 e. The third kappa shape index (κ3) is 4.62. The molecule has 0 spiro atoms. The minimum Gasteiger partial charge on any atom is -0.265 e. The van der Waals surface area contributed by atoms with E-state index in [0.717, 1.165) is 29.1 Å². The number of pyridine rings is 1. The minimum atomic E-state index is 0.399. The molecule has 5 heteroatoms. The largest absolute Gasteiger partial charge is 0.265 e. The zero-order chi connectivity index (χ0) is 23.0. The molecule has 4 rings (SSSR count). The summed E-state index contributed by atoms with van der Waals surface area (Å²) in [7, 11) is 0. The van der Waals surface area contributed by atoms with E-state index >= 15 is 0 Å². The molecule has 0 N–H and O–H groups in total. The molecule has 0 saturated heterocycles. The normalized spacial score (nSPS) is 12.1.